The third-order valence-electron chi connectivity index (χ3n) is 3.77. The van der Waals surface area contributed by atoms with Gasteiger partial charge < -0.3 is 10.1 Å². The van der Waals surface area contributed by atoms with Gasteiger partial charge in [-0.3, -0.25) is 9.69 Å². The highest BCUT2D eigenvalue weighted by Crippen LogP contribution is 2.24. The lowest BCUT2D eigenvalue weighted by molar-refractivity contribution is -0.122. The molecule has 1 fully saturated rings. The Morgan fingerprint density at radius 2 is 1.92 bits per heavy atom. The molecule has 2 aromatic rings. The zero-order valence-electron chi connectivity index (χ0n) is 13.7. The number of hydrogen-bond acceptors (Lipinski definition) is 3. The summed E-state index contributed by atoms with van der Waals surface area (Å²) in [6.07, 6.45) is 1.76. The van der Waals surface area contributed by atoms with Gasteiger partial charge in [-0.15, -0.1) is 0 Å². The minimum atomic E-state index is -0.184. The molecule has 0 saturated carbocycles. The fraction of sp³-hybridized carbons (Fsp3) is 0.158. The van der Waals surface area contributed by atoms with Crippen molar-refractivity contribution >= 4 is 40.9 Å². The normalized spacial score (nSPS) is 15.6. The zero-order chi connectivity index (χ0) is 17.8. The Morgan fingerprint density at radius 3 is 2.68 bits per heavy atom. The molecule has 1 aliphatic rings. The first-order chi connectivity index (χ1) is 12.1. The fourth-order valence-corrected chi connectivity index (χ4v) is 3.01. The Balaban J connectivity index is 1.85. The van der Waals surface area contributed by atoms with Crippen LogP contribution >= 0.6 is 23.8 Å². The number of benzene rings is 2. The Labute approximate surface area is 157 Å². The summed E-state index contributed by atoms with van der Waals surface area (Å²) in [6.45, 7) is 2.80. The lowest BCUT2D eigenvalue weighted by atomic mass is 10.1. The summed E-state index contributed by atoms with van der Waals surface area (Å²) in [7, 11) is 0. The quantitative estimate of drug-likeness (QED) is 0.636. The van der Waals surface area contributed by atoms with Crippen LogP contribution < -0.4 is 10.1 Å². The number of rotatable bonds is 5. The van der Waals surface area contributed by atoms with Gasteiger partial charge in [0, 0.05) is 10.6 Å². The maximum Gasteiger partial charge on any atom is 0.276 e. The maximum atomic E-state index is 12.7. The summed E-state index contributed by atoms with van der Waals surface area (Å²) in [5, 5.41) is 3.96. The van der Waals surface area contributed by atoms with E-state index in [1.165, 1.54) is 4.90 Å². The van der Waals surface area contributed by atoms with Crippen molar-refractivity contribution in [1.82, 2.24) is 10.2 Å². The van der Waals surface area contributed by atoms with Crippen LogP contribution in [0.2, 0.25) is 5.02 Å². The predicted molar refractivity (Wildman–Crippen MR) is 103 cm³/mol. The lowest BCUT2D eigenvalue weighted by Gasteiger charge is -2.14. The van der Waals surface area contributed by atoms with Crippen molar-refractivity contribution in [3.05, 3.63) is 70.4 Å². The average molecular weight is 373 g/mol. The fourth-order valence-electron chi connectivity index (χ4n) is 2.55. The number of hydrogen-bond donors (Lipinski definition) is 1. The van der Waals surface area contributed by atoms with Crippen LogP contribution in [0.5, 0.6) is 5.75 Å². The first-order valence-electron chi connectivity index (χ1n) is 7.90. The van der Waals surface area contributed by atoms with E-state index in [2.05, 4.69) is 5.32 Å². The van der Waals surface area contributed by atoms with Gasteiger partial charge in [0.1, 0.15) is 11.4 Å². The highest BCUT2D eigenvalue weighted by atomic mass is 35.5. The van der Waals surface area contributed by atoms with E-state index in [1.54, 1.807) is 12.1 Å². The summed E-state index contributed by atoms with van der Waals surface area (Å²) >= 11 is 11.5. The smallest absolute Gasteiger partial charge is 0.276 e. The van der Waals surface area contributed by atoms with Gasteiger partial charge in [0.25, 0.3) is 5.91 Å². The standard InChI is InChI=1S/C19H17ClN2O2S/c1-2-24-17-10-6-4-7-13(17)11-16-18(23)22(19(25)21-16)12-14-8-3-5-9-15(14)20/h3-11H,2,12H2,1H3,(H,21,25)/b16-11-. The Morgan fingerprint density at radius 1 is 1.20 bits per heavy atom. The van der Waals surface area contributed by atoms with E-state index in [9.17, 15) is 4.79 Å². The van der Waals surface area contributed by atoms with Gasteiger partial charge in [-0.05, 0) is 42.9 Å². The van der Waals surface area contributed by atoms with Crippen molar-refractivity contribution in [3.8, 4) is 5.75 Å². The van der Waals surface area contributed by atoms with E-state index >= 15 is 0 Å². The Hall–Kier alpha value is -2.37. The van der Waals surface area contributed by atoms with Crippen LogP contribution in [0.3, 0.4) is 0 Å². The molecule has 4 nitrogen and oxygen atoms in total. The topological polar surface area (TPSA) is 41.6 Å². The second kappa shape index (κ2) is 7.68. The van der Waals surface area contributed by atoms with Crippen molar-refractivity contribution in [2.24, 2.45) is 0 Å². The molecule has 1 N–H and O–H groups in total. The van der Waals surface area contributed by atoms with Crippen LogP contribution in [0, 0.1) is 0 Å². The van der Waals surface area contributed by atoms with Crippen molar-refractivity contribution in [2.75, 3.05) is 6.61 Å². The van der Waals surface area contributed by atoms with Crippen LogP contribution in [0.1, 0.15) is 18.1 Å². The number of carbonyl (C=O) groups excluding carboxylic acids is 1. The minimum absolute atomic E-state index is 0.184. The van der Waals surface area contributed by atoms with Crippen LogP contribution in [0.15, 0.2) is 54.2 Å². The highest BCUT2D eigenvalue weighted by molar-refractivity contribution is 7.80. The molecule has 0 aromatic heterocycles. The monoisotopic (exact) mass is 372 g/mol. The molecule has 3 rings (SSSR count). The molecule has 128 valence electrons. The molecule has 0 radical (unpaired) electrons. The molecule has 2 aromatic carbocycles. The minimum Gasteiger partial charge on any atom is -0.493 e. The van der Waals surface area contributed by atoms with E-state index in [0.29, 0.717) is 29.0 Å². The first kappa shape index (κ1) is 17.5. The van der Waals surface area contributed by atoms with Crippen LogP contribution in [-0.4, -0.2) is 22.5 Å². The molecule has 0 atom stereocenters. The van der Waals surface area contributed by atoms with Gasteiger partial charge in [-0.25, -0.2) is 0 Å². The van der Waals surface area contributed by atoms with Crippen molar-refractivity contribution in [3.63, 3.8) is 0 Å². The van der Waals surface area contributed by atoms with Crippen LogP contribution in [0.4, 0.5) is 0 Å². The molecule has 0 bridgehead atoms. The molecule has 6 heteroatoms. The molecular weight excluding hydrogens is 356 g/mol. The summed E-state index contributed by atoms with van der Waals surface area (Å²) in [4.78, 5) is 14.2. The number of halogens is 1. The second-order valence-electron chi connectivity index (χ2n) is 5.44. The second-order valence-corrected chi connectivity index (χ2v) is 6.24. The van der Waals surface area contributed by atoms with E-state index in [4.69, 9.17) is 28.6 Å². The van der Waals surface area contributed by atoms with Gasteiger partial charge >= 0.3 is 0 Å². The van der Waals surface area contributed by atoms with Gasteiger partial charge in [0.15, 0.2) is 5.11 Å². The number of thiocarbonyl (C=S) groups is 1. The molecule has 25 heavy (non-hydrogen) atoms. The maximum absolute atomic E-state index is 12.7. The molecule has 1 aliphatic heterocycles. The third-order valence-corrected chi connectivity index (χ3v) is 4.46. The van der Waals surface area contributed by atoms with Gasteiger partial charge in [0.05, 0.1) is 13.2 Å². The molecular formula is C19H17ClN2O2S. The number of para-hydroxylation sites is 1. The van der Waals surface area contributed by atoms with E-state index in [-0.39, 0.29) is 5.91 Å². The molecule has 1 heterocycles. The summed E-state index contributed by atoms with van der Waals surface area (Å²) in [5.74, 6) is 0.541. The summed E-state index contributed by atoms with van der Waals surface area (Å²) in [6, 6.07) is 15.0. The summed E-state index contributed by atoms with van der Waals surface area (Å²) in [5.41, 5.74) is 2.09. The predicted octanol–water partition coefficient (Wildman–Crippen LogP) is 4.00. The van der Waals surface area contributed by atoms with Crippen LogP contribution in [0.25, 0.3) is 6.08 Å². The van der Waals surface area contributed by atoms with Crippen molar-refractivity contribution < 1.29 is 9.53 Å². The molecule has 0 unspecified atom stereocenters. The van der Waals surface area contributed by atoms with E-state index < -0.39 is 0 Å². The number of nitrogens with zero attached hydrogens (tertiary/aromatic N) is 1. The Bertz CT molecular complexity index is 851. The Kier molecular flexibility index (Phi) is 5.36. The molecule has 1 amide bonds. The number of ether oxygens (including phenoxy) is 1. The van der Waals surface area contributed by atoms with Crippen molar-refractivity contribution in [2.45, 2.75) is 13.5 Å². The van der Waals surface area contributed by atoms with Gasteiger partial charge in [0.2, 0.25) is 0 Å². The SMILES string of the molecule is CCOc1ccccc1/C=C1\NC(=S)N(Cc2ccccc2Cl)C1=O. The summed E-state index contributed by atoms with van der Waals surface area (Å²) < 4.78 is 5.60. The number of carbonyl (C=O) groups is 1. The highest BCUT2D eigenvalue weighted by Gasteiger charge is 2.31. The molecule has 1 saturated heterocycles. The third kappa shape index (κ3) is 3.83. The van der Waals surface area contributed by atoms with Crippen molar-refractivity contribution in [1.29, 1.82) is 0 Å². The largest absolute Gasteiger partial charge is 0.493 e. The zero-order valence-corrected chi connectivity index (χ0v) is 15.2. The van der Waals surface area contributed by atoms with E-state index in [1.807, 2.05) is 49.4 Å². The molecule has 0 spiro atoms. The van der Waals surface area contributed by atoms with Crippen LogP contribution in [-0.2, 0) is 11.3 Å². The average Bonchev–Trinajstić information content (AvgIpc) is 2.86. The van der Waals surface area contributed by atoms with E-state index in [0.717, 1.165) is 16.9 Å². The molecule has 0 aliphatic carbocycles. The van der Waals surface area contributed by atoms with Gasteiger partial charge in [-0.1, -0.05) is 48.0 Å². The first-order valence-corrected chi connectivity index (χ1v) is 8.68. The lowest BCUT2D eigenvalue weighted by Crippen LogP contribution is -2.30. The number of amides is 1. The van der Waals surface area contributed by atoms with Gasteiger partial charge in [-0.2, -0.15) is 0 Å². The number of nitrogens with one attached hydrogen (secondary N) is 1.